The minimum atomic E-state index is 0.248. The van der Waals surface area contributed by atoms with Crippen molar-refractivity contribution in [2.75, 3.05) is 20.1 Å². The highest BCUT2D eigenvalue weighted by Crippen LogP contribution is 2.31. The highest BCUT2D eigenvalue weighted by atomic mass is 15.2. The predicted molar refractivity (Wildman–Crippen MR) is 78.9 cm³/mol. The lowest BCUT2D eigenvalue weighted by atomic mass is 9.81. The first kappa shape index (κ1) is 14.1. The normalized spacial score (nSPS) is 24.7. The molecule has 0 aromatic rings. The molecule has 1 fully saturated rings. The molecule has 1 unspecified atom stereocenters. The lowest BCUT2D eigenvalue weighted by Gasteiger charge is -2.47. The Balaban J connectivity index is 2.11. The standard InChI is InChI=1S/C16H30N2/c1-16(2,18-12-8-5-9-13-18)15(17-3)14-10-6-4-7-11-14/h10,15,17H,4-9,11-13H2,1-3H3. The first-order valence-corrected chi connectivity index (χ1v) is 7.77. The van der Waals surface area contributed by atoms with Crippen LogP contribution in [0.2, 0.25) is 0 Å². The Labute approximate surface area is 113 Å². The van der Waals surface area contributed by atoms with Crippen molar-refractivity contribution in [2.24, 2.45) is 0 Å². The number of nitrogens with one attached hydrogen (secondary N) is 1. The van der Waals surface area contributed by atoms with Crippen LogP contribution in [-0.4, -0.2) is 36.6 Å². The van der Waals surface area contributed by atoms with Gasteiger partial charge < -0.3 is 5.32 Å². The Morgan fingerprint density at radius 2 is 1.83 bits per heavy atom. The summed E-state index contributed by atoms with van der Waals surface area (Å²) in [6.07, 6.45) is 12.0. The van der Waals surface area contributed by atoms with Gasteiger partial charge in [-0.15, -0.1) is 0 Å². The SMILES string of the molecule is CNC(C1=CCCCC1)C(C)(C)N1CCCCC1. The summed E-state index contributed by atoms with van der Waals surface area (Å²) < 4.78 is 0. The molecule has 1 heterocycles. The van der Waals surface area contributed by atoms with Gasteiger partial charge in [0.05, 0.1) is 0 Å². The van der Waals surface area contributed by atoms with Crippen molar-refractivity contribution in [3.63, 3.8) is 0 Å². The van der Waals surface area contributed by atoms with Gasteiger partial charge in [0, 0.05) is 11.6 Å². The maximum absolute atomic E-state index is 3.60. The third-order valence-corrected chi connectivity index (χ3v) is 4.86. The number of nitrogens with zero attached hydrogens (tertiary/aromatic N) is 1. The van der Waals surface area contributed by atoms with Gasteiger partial charge in [-0.05, 0) is 72.5 Å². The maximum atomic E-state index is 3.60. The average molecular weight is 250 g/mol. The van der Waals surface area contributed by atoms with E-state index < -0.39 is 0 Å². The topological polar surface area (TPSA) is 15.3 Å². The summed E-state index contributed by atoms with van der Waals surface area (Å²) in [5.74, 6) is 0. The summed E-state index contributed by atoms with van der Waals surface area (Å²) in [5, 5.41) is 3.60. The molecule has 1 N–H and O–H groups in total. The van der Waals surface area contributed by atoms with E-state index in [1.165, 1.54) is 58.0 Å². The number of likely N-dealkylation sites (N-methyl/N-ethyl adjacent to an activating group) is 1. The molecular formula is C16H30N2. The first-order valence-electron chi connectivity index (χ1n) is 7.77. The van der Waals surface area contributed by atoms with Crippen molar-refractivity contribution in [1.29, 1.82) is 0 Å². The molecule has 1 saturated heterocycles. The van der Waals surface area contributed by atoms with Gasteiger partial charge in [-0.1, -0.05) is 18.1 Å². The van der Waals surface area contributed by atoms with E-state index >= 15 is 0 Å². The molecule has 0 bridgehead atoms. The van der Waals surface area contributed by atoms with E-state index in [0.717, 1.165) is 0 Å². The van der Waals surface area contributed by atoms with Crippen molar-refractivity contribution < 1.29 is 0 Å². The van der Waals surface area contributed by atoms with Crippen LogP contribution in [0.4, 0.5) is 0 Å². The summed E-state index contributed by atoms with van der Waals surface area (Å²) in [4.78, 5) is 2.70. The Morgan fingerprint density at radius 3 is 2.39 bits per heavy atom. The molecule has 18 heavy (non-hydrogen) atoms. The minimum Gasteiger partial charge on any atom is -0.312 e. The Bertz CT molecular complexity index is 287. The van der Waals surface area contributed by atoms with Crippen LogP contribution < -0.4 is 5.32 Å². The van der Waals surface area contributed by atoms with Crippen molar-refractivity contribution in [3.05, 3.63) is 11.6 Å². The van der Waals surface area contributed by atoms with Crippen LogP contribution >= 0.6 is 0 Å². The first-order chi connectivity index (χ1) is 8.66. The van der Waals surface area contributed by atoms with Crippen molar-refractivity contribution >= 4 is 0 Å². The van der Waals surface area contributed by atoms with Gasteiger partial charge in [-0.3, -0.25) is 4.90 Å². The second-order valence-corrected chi connectivity index (χ2v) is 6.45. The van der Waals surface area contributed by atoms with Gasteiger partial charge in [0.25, 0.3) is 0 Å². The van der Waals surface area contributed by atoms with Crippen LogP contribution in [0.15, 0.2) is 11.6 Å². The molecule has 1 atom stereocenters. The van der Waals surface area contributed by atoms with Crippen LogP contribution in [0.25, 0.3) is 0 Å². The second-order valence-electron chi connectivity index (χ2n) is 6.45. The molecule has 2 rings (SSSR count). The van der Waals surface area contributed by atoms with E-state index in [4.69, 9.17) is 0 Å². The van der Waals surface area contributed by atoms with Crippen molar-refractivity contribution in [1.82, 2.24) is 10.2 Å². The van der Waals surface area contributed by atoms with Gasteiger partial charge in [0.2, 0.25) is 0 Å². The largest absolute Gasteiger partial charge is 0.312 e. The summed E-state index contributed by atoms with van der Waals surface area (Å²) in [6, 6.07) is 0.524. The Kier molecular flexibility index (Phi) is 4.85. The highest BCUT2D eigenvalue weighted by Gasteiger charge is 2.37. The zero-order chi connectivity index (χ0) is 13.0. The van der Waals surface area contributed by atoms with Crippen LogP contribution in [0.1, 0.15) is 58.8 Å². The average Bonchev–Trinajstić information content (AvgIpc) is 2.41. The smallest absolute Gasteiger partial charge is 0.0458 e. The zero-order valence-electron chi connectivity index (χ0n) is 12.5. The molecule has 0 aromatic carbocycles. The van der Waals surface area contributed by atoms with Gasteiger partial charge >= 0.3 is 0 Å². The third-order valence-electron chi connectivity index (χ3n) is 4.86. The molecule has 0 aromatic heterocycles. The summed E-state index contributed by atoms with van der Waals surface area (Å²) in [5.41, 5.74) is 1.90. The van der Waals surface area contributed by atoms with Crippen molar-refractivity contribution in [2.45, 2.75) is 70.4 Å². The fraction of sp³-hybridized carbons (Fsp3) is 0.875. The van der Waals surface area contributed by atoms with Gasteiger partial charge in [0.15, 0.2) is 0 Å². The lowest BCUT2D eigenvalue weighted by molar-refractivity contribution is 0.0725. The molecule has 0 saturated carbocycles. The molecule has 0 radical (unpaired) electrons. The number of allylic oxidation sites excluding steroid dienone is 1. The van der Waals surface area contributed by atoms with Crippen LogP contribution in [0.3, 0.4) is 0 Å². The van der Waals surface area contributed by atoms with E-state index in [9.17, 15) is 0 Å². The highest BCUT2D eigenvalue weighted by molar-refractivity contribution is 5.19. The summed E-state index contributed by atoms with van der Waals surface area (Å²) >= 11 is 0. The van der Waals surface area contributed by atoms with Gasteiger partial charge in [-0.25, -0.2) is 0 Å². The molecule has 2 heteroatoms. The van der Waals surface area contributed by atoms with E-state index in [2.05, 4.69) is 37.2 Å². The molecule has 1 aliphatic heterocycles. The minimum absolute atomic E-state index is 0.248. The van der Waals surface area contributed by atoms with Gasteiger partial charge in [-0.2, -0.15) is 0 Å². The number of piperidine rings is 1. The van der Waals surface area contributed by atoms with Crippen molar-refractivity contribution in [3.8, 4) is 0 Å². The number of hydrogen-bond acceptors (Lipinski definition) is 2. The summed E-state index contributed by atoms with van der Waals surface area (Å²) in [7, 11) is 2.13. The van der Waals surface area contributed by atoms with Gasteiger partial charge in [0.1, 0.15) is 0 Å². The molecule has 2 aliphatic rings. The zero-order valence-corrected chi connectivity index (χ0v) is 12.5. The fourth-order valence-electron chi connectivity index (χ4n) is 3.77. The van der Waals surface area contributed by atoms with Crippen LogP contribution in [0.5, 0.6) is 0 Å². The van der Waals surface area contributed by atoms with E-state index in [0.29, 0.717) is 6.04 Å². The Morgan fingerprint density at radius 1 is 1.11 bits per heavy atom. The van der Waals surface area contributed by atoms with E-state index in [-0.39, 0.29) is 5.54 Å². The Hall–Kier alpha value is -0.340. The quantitative estimate of drug-likeness (QED) is 0.770. The second kappa shape index (κ2) is 6.21. The number of likely N-dealkylation sites (tertiary alicyclic amines) is 1. The van der Waals surface area contributed by atoms with E-state index in [1.807, 2.05) is 0 Å². The molecule has 0 amide bonds. The molecule has 1 aliphatic carbocycles. The monoisotopic (exact) mass is 250 g/mol. The van der Waals surface area contributed by atoms with E-state index in [1.54, 1.807) is 5.57 Å². The fourth-order valence-corrected chi connectivity index (χ4v) is 3.77. The number of rotatable bonds is 4. The predicted octanol–water partition coefficient (Wildman–Crippen LogP) is 3.34. The maximum Gasteiger partial charge on any atom is 0.0458 e. The molecule has 2 nitrogen and oxygen atoms in total. The molecular weight excluding hydrogens is 220 g/mol. The molecule has 104 valence electrons. The summed E-state index contributed by atoms with van der Waals surface area (Å²) in [6.45, 7) is 7.40. The molecule has 0 spiro atoms. The van der Waals surface area contributed by atoms with Crippen LogP contribution in [0, 0.1) is 0 Å². The van der Waals surface area contributed by atoms with Crippen LogP contribution in [-0.2, 0) is 0 Å². The third kappa shape index (κ3) is 2.97. The lowest BCUT2D eigenvalue weighted by Crippen LogP contribution is -2.59. The number of hydrogen-bond donors (Lipinski definition) is 1.